The number of hydrogen-bond acceptors (Lipinski definition) is 4. The lowest BCUT2D eigenvalue weighted by atomic mass is 10.3. The highest BCUT2D eigenvalue weighted by atomic mass is 16.4. The first kappa shape index (κ1) is 14.7. The lowest BCUT2D eigenvalue weighted by Gasteiger charge is -2.20. The summed E-state index contributed by atoms with van der Waals surface area (Å²) >= 11 is 0. The first-order valence-corrected chi connectivity index (χ1v) is 6.22. The molecule has 5 nitrogen and oxygen atoms in total. The number of rotatable bonds is 8. The van der Waals surface area contributed by atoms with Gasteiger partial charge in [-0.15, -0.1) is 0 Å². The minimum Gasteiger partial charge on any atom is -0.475 e. The third-order valence-electron chi connectivity index (χ3n) is 2.78. The molecule has 0 aliphatic carbocycles. The Morgan fingerprint density at radius 2 is 2.06 bits per heavy atom. The van der Waals surface area contributed by atoms with Gasteiger partial charge in [-0.1, -0.05) is 6.92 Å². The van der Waals surface area contributed by atoms with E-state index in [1.54, 1.807) is 6.07 Å². The molecule has 0 saturated carbocycles. The average Bonchev–Trinajstić information content (AvgIpc) is 2.76. The molecule has 0 radical (unpaired) electrons. The van der Waals surface area contributed by atoms with Crippen molar-refractivity contribution in [2.75, 3.05) is 33.7 Å². The third-order valence-corrected chi connectivity index (χ3v) is 2.78. The zero-order valence-electron chi connectivity index (χ0n) is 11.3. The summed E-state index contributed by atoms with van der Waals surface area (Å²) in [5.41, 5.74) is 0. The van der Waals surface area contributed by atoms with Gasteiger partial charge in [-0.25, -0.2) is 4.79 Å². The molecule has 18 heavy (non-hydrogen) atoms. The number of furan rings is 1. The summed E-state index contributed by atoms with van der Waals surface area (Å²) in [5.74, 6) is -0.301. The van der Waals surface area contributed by atoms with Crippen molar-refractivity contribution >= 4 is 5.97 Å². The molecule has 0 unspecified atom stereocenters. The van der Waals surface area contributed by atoms with E-state index in [1.807, 2.05) is 0 Å². The maximum absolute atomic E-state index is 10.7. The van der Waals surface area contributed by atoms with E-state index in [4.69, 9.17) is 9.52 Å². The van der Waals surface area contributed by atoms with E-state index in [0.29, 0.717) is 12.3 Å². The molecule has 1 aromatic rings. The van der Waals surface area contributed by atoms with Crippen molar-refractivity contribution in [2.24, 2.45) is 0 Å². The molecule has 0 bridgehead atoms. The van der Waals surface area contributed by atoms with Crippen molar-refractivity contribution in [2.45, 2.75) is 19.9 Å². The van der Waals surface area contributed by atoms with Crippen molar-refractivity contribution in [1.29, 1.82) is 0 Å². The van der Waals surface area contributed by atoms with Gasteiger partial charge in [0.05, 0.1) is 6.54 Å². The fraction of sp³-hybridized carbons (Fsp3) is 0.615. The van der Waals surface area contributed by atoms with Crippen LogP contribution in [0.5, 0.6) is 0 Å². The van der Waals surface area contributed by atoms with Gasteiger partial charge >= 0.3 is 5.97 Å². The fourth-order valence-electron chi connectivity index (χ4n) is 1.76. The molecule has 0 atom stereocenters. The normalized spacial score (nSPS) is 11.4. The predicted molar refractivity (Wildman–Crippen MR) is 69.8 cm³/mol. The van der Waals surface area contributed by atoms with Crippen LogP contribution in [-0.4, -0.2) is 54.6 Å². The van der Waals surface area contributed by atoms with E-state index in [1.165, 1.54) is 6.07 Å². The second kappa shape index (κ2) is 7.18. The van der Waals surface area contributed by atoms with Gasteiger partial charge in [-0.05, 0) is 52.3 Å². The minimum absolute atomic E-state index is 0.00865. The van der Waals surface area contributed by atoms with Crippen LogP contribution in [0.3, 0.4) is 0 Å². The Morgan fingerprint density at radius 3 is 2.56 bits per heavy atom. The van der Waals surface area contributed by atoms with Crippen LogP contribution in [-0.2, 0) is 6.54 Å². The molecule has 1 rings (SSSR count). The molecule has 0 saturated heterocycles. The van der Waals surface area contributed by atoms with Crippen molar-refractivity contribution in [1.82, 2.24) is 9.80 Å². The molecule has 5 heteroatoms. The maximum atomic E-state index is 10.7. The predicted octanol–water partition coefficient (Wildman–Crippen LogP) is 1.75. The molecular weight excluding hydrogens is 232 g/mol. The first-order chi connectivity index (χ1) is 8.52. The number of carboxylic acids is 1. The summed E-state index contributed by atoms with van der Waals surface area (Å²) in [6, 6.07) is 3.24. The number of aromatic carboxylic acids is 1. The van der Waals surface area contributed by atoms with Crippen LogP contribution in [0, 0.1) is 0 Å². The summed E-state index contributed by atoms with van der Waals surface area (Å²) in [6.07, 6.45) is 1.09. The molecule has 0 fully saturated rings. The van der Waals surface area contributed by atoms with E-state index in [-0.39, 0.29) is 5.76 Å². The van der Waals surface area contributed by atoms with E-state index >= 15 is 0 Å². The van der Waals surface area contributed by atoms with Crippen LogP contribution in [0.1, 0.15) is 29.7 Å². The van der Waals surface area contributed by atoms with E-state index in [2.05, 4.69) is 30.8 Å². The highest BCUT2D eigenvalue weighted by Gasteiger charge is 2.11. The fourth-order valence-corrected chi connectivity index (χ4v) is 1.76. The highest BCUT2D eigenvalue weighted by molar-refractivity contribution is 5.84. The van der Waals surface area contributed by atoms with Gasteiger partial charge in [0, 0.05) is 0 Å². The van der Waals surface area contributed by atoms with Crippen LogP contribution in [0.2, 0.25) is 0 Å². The Hall–Kier alpha value is -1.33. The molecule has 1 N–H and O–H groups in total. The topological polar surface area (TPSA) is 56.9 Å². The number of hydrogen-bond donors (Lipinski definition) is 1. The van der Waals surface area contributed by atoms with Crippen molar-refractivity contribution < 1.29 is 14.3 Å². The second-order valence-electron chi connectivity index (χ2n) is 4.60. The third kappa shape index (κ3) is 4.89. The number of carboxylic acid groups (broad SMARTS) is 1. The smallest absolute Gasteiger partial charge is 0.371 e. The van der Waals surface area contributed by atoms with E-state index < -0.39 is 5.97 Å². The van der Waals surface area contributed by atoms with Crippen LogP contribution in [0.15, 0.2) is 16.5 Å². The van der Waals surface area contributed by atoms with Gasteiger partial charge in [-0.2, -0.15) is 0 Å². The summed E-state index contributed by atoms with van der Waals surface area (Å²) in [5, 5.41) is 8.78. The van der Waals surface area contributed by atoms with Gasteiger partial charge in [0.1, 0.15) is 5.76 Å². The minimum atomic E-state index is -1.02. The highest BCUT2D eigenvalue weighted by Crippen LogP contribution is 2.11. The van der Waals surface area contributed by atoms with Gasteiger partial charge in [0.2, 0.25) is 5.76 Å². The zero-order chi connectivity index (χ0) is 13.5. The lowest BCUT2D eigenvalue weighted by molar-refractivity contribution is 0.0658. The van der Waals surface area contributed by atoms with Crippen molar-refractivity contribution in [3.8, 4) is 0 Å². The molecule has 0 aliphatic heterocycles. The molecular formula is C13H22N2O3. The van der Waals surface area contributed by atoms with Gasteiger partial charge in [0.25, 0.3) is 0 Å². The molecule has 0 amide bonds. The Bertz CT molecular complexity index is 374. The van der Waals surface area contributed by atoms with E-state index in [0.717, 1.165) is 26.1 Å². The summed E-state index contributed by atoms with van der Waals surface area (Å²) in [4.78, 5) is 15.1. The Morgan fingerprint density at radius 1 is 1.33 bits per heavy atom. The molecule has 0 aliphatic rings. The van der Waals surface area contributed by atoms with Gasteiger partial charge in [-0.3, -0.25) is 4.90 Å². The molecule has 0 aromatic carbocycles. The molecule has 1 aromatic heterocycles. The van der Waals surface area contributed by atoms with Crippen LogP contribution >= 0.6 is 0 Å². The van der Waals surface area contributed by atoms with Crippen LogP contribution < -0.4 is 0 Å². The van der Waals surface area contributed by atoms with Crippen LogP contribution in [0.25, 0.3) is 0 Å². The lowest BCUT2D eigenvalue weighted by Crippen LogP contribution is -2.26. The maximum Gasteiger partial charge on any atom is 0.371 e. The Balaban J connectivity index is 2.43. The Kier molecular flexibility index (Phi) is 5.88. The SMILES string of the molecule is CCN(CCCN(C)C)Cc1ccc(C(=O)O)o1. The standard InChI is InChI=1S/C13H22N2O3/c1-4-15(9-5-8-14(2)3)10-11-6-7-12(18-11)13(16)17/h6-7H,4-5,8-10H2,1-3H3,(H,16,17). The quantitative estimate of drug-likeness (QED) is 0.766. The van der Waals surface area contributed by atoms with Gasteiger partial charge in [0.15, 0.2) is 0 Å². The summed E-state index contributed by atoms with van der Waals surface area (Å²) in [6.45, 7) is 5.72. The largest absolute Gasteiger partial charge is 0.475 e. The zero-order valence-corrected chi connectivity index (χ0v) is 11.3. The molecule has 1 heterocycles. The Labute approximate surface area is 108 Å². The summed E-state index contributed by atoms with van der Waals surface area (Å²) < 4.78 is 5.25. The van der Waals surface area contributed by atoms with Crippen molar-refractivity contribution in [3.05, 3.63) is 23.7 Å². The first-order valence-electron chi connectivity index (χ1n) is 6.22. The number of nitrogens with zero attached hydrogens (tertiary/aromatic N) is 2. The second-order valence-corrected chi connectivity index (χ2v) is 4.60. The van der Waals surface area contributed by atoms with Crippen molar-refractivity contribution in [3.63, 3.8) is 0 Å². The molecule has 0 spiro atoms. The monoisotopic (exact) mass is 254 g/mol. The van der Waals surface area contributed by atoms with E-state index in [9.17, 15) is 4.79 Å². The summed E-state index contributed by atoms with van der Waals surface area (Å²) in [7, 11) is 4.11. The van der Waals surface area contributed by atoms with Gasteiger partial charge < -0.3 is 14.4 Å². The number of carbonyl (C=O) groups is 1. The average molecular weight is 254 g/mol. The molecule has 102 valence electrons. The van der Waals surface area contributed by atoms with Crippen LogP contribution in [0.4, 0.5) is 0 Å².